The second kappa shape index (κ2) is 4.56. The minimum atomic E-state index is -0.864. The number of ether oxygens (including phenoxy) is 1. The van der Waals surface area contributed by atoms with Crippen LogP contribution in [0.1, 0.15) is 0 Å². The largest absolute Gasteiger partial charge is 0.462 e. The summed E-state index contributed by atoms with van der Waals surface area (Å²) in [5, 5.41) is 2.52. The molecule has 4 nitrogen and oxygen atoms in total. The highest BCUT2D eigenvalue weighted by Crippen LogP contribution is 2.27. The van der Waals surface area contributed by atoms with Gasteiger partial charge in [0.15, 0.2) is 0 Å². The molecule has 6 heteroatoms. The van der Waals surface area contributed by atoms with Gasteiger partial charge >= 0.3 is 11.9 Å². The molecule has 0 bridgehead atoms. The average molecular weight is 278 g/mol. The molecule has 0 aliphatic heterocycles. The van der Waals surface area contributed by atoms with Crippen molar-refractivity contribution in [3.05, 3.63) is 15.9 Å². The number of hydrogen-bond donors (Lipinski definition) is 0. The van der Waals surface area contributed by atoms with Crippen molar-refractivity contribution in [3.63, 3.8) is 0 Å². The number of likely N-dealkylation sites (N-methyl/N-ethyl adjacent to an activating group) is 1. The summed E-state index contributed by atoms with van der Waals surface area (Å²) in [4.78, 5) is 23.5. The Morgan fingerprint density at radius 2 is 2.21 bits per heavy atom. The quantitative estimate of drug-likeness (QED) is 0.579. The van der Waals surface area contributed by atoms with Crippen LogP contribution in [-0.2, 0) is 14.3 Å². The van der Waals surface area contributed by atoms with Crippen LogP contribution < -0.4 is 4.90 Å². The smallest absolute Gasteiger partial charge is 0.397 e. The van der Waals surface area contributed by atoms with Crippen molar-refractivity contribution in [2.75, 3.05) is 19.1 Å². The van der Waals surface area contributed by atoms with Gasteiger partial charge in [-0.05, 0) is 22.0 Å². The molecule has 0 unspecified atom stereocenters. The fraction of sp³-hybridized carbons (Fsp3) is 0.250. The molecule has 1 amide bonds. The predicted octanol–water partition coefficient (Wildman–Crippen LogP) is 1.65. The summed E-state index contributed by atoms with van der Waals surface area (Å²) in [7, 11) is 2.70. The van der Waals surface area contributed by atoms with Gasteiger partial charge < -0.3 is 4.74 Å². The molecule has 1 rings (SSSR count). The van der Waals surface area contributed by atoms with Gasteiger partial charge in [-0.1, -0.05) is 0 Å². The van der Waals surface area contributed by atoms with Gasteiger partial charge in [0.1, 0.15) is 0 Å². The van der Waals surface area contributed by atoms with E-state index in [-0.39, 0.29) is 0 Å². The molecule has 1 aromatic rings. The Bertz CT molecular complexity index is 363. The number of methoxy groups -OCH3 is 1. The average Bonchev–Trinajstić information content (AvgIpc) is 2.61. The van der Waals surface area contributed by atoms with Crippen molar-refractivity contribution < 1.29 is 14.3 Å². The third-order valence-corrected chi connectivity index (χ3v) is 3.31. The number of halogens is 1. The molecule has 0 saturated carbocycles. The molecule has 0 radical (unpaired) electrons. The maximum Gasteiger partial charge on any atom is 0.397 e. The fourth-order valence-electron chi connectivity index (χ4n) is 0.803. The Balaban J connectivity index is 2.80. The number of carbonyl (C=O) groups is 2. The van der Waals surface area contributed by atoms with Crippen LogP contribution in [0, 0.1) is 0 Å². The number of rotatable bonds is 1. The maximum atomic E-state index is 11.3. The first-order valence-electron chi connectivity index (χ1n) is 3.66. The number of nitrogens with zero attached hydrogens (tertiary/aromatic N) is 1. The number of amides is 1. The second-order valence-corrected chi connectivity index (χ2v) is 4.26. The molecule has 0 spiro atoms. The molecule has 1 heterocycles. The van der Waals surface area contributed by atoms with Crippen molar-refractivity contribution in [2.45, 2.75) is 0 Å². The van der Waals surface area contributed by atoms with Gasteiger partial charge in [-0.3, -0.25) is 9.69 Å². The van der Waals surface area contributed by atoms with E-state index in [1.165, 1.54) is 30.4 Å². The van der Waals surface area contributed by atoms with Gasteiger partial charge in [-0.25, -0.2) is 4.79 Å². The van der Waals surface area contributed by atoms with E-state index >= 15 is 0 Å². The highest BCUT2D eigenvalue weighted by atomic mass is 79.9. The van der Waals surface area contributed by atoms with Crippen molar-refractivity contribution >= 4 is 44.1 Å². The van der Waals surface area contributed by atoms with Gasteiger partial charge in [-0.15, -0.1) is 11.3 Å². The first-order valence-corrected chi connectivity index (χ1v) is 5.33. The Morgan fingerprint density at radius 3 is 2.64 bits per heavy atom. The summed E-state index contributed by atoms with van der Waals surface area (Å²) in [6, 6.07) is 1.76. The summed E-state index contributed by atoms with van der Waals surface area (Å²) in [6.07, 6.45) is 0. The third kappa shape index (κ3) is 2.33. The van der Waals surface area contributed by atoms with E-state index in [1.807, 2.05) is 5.38 Å². The molecule has 0 N–H and O–H groups in total. The summed E-state index contributed by atoms with van der Waals surface area (Å²) in [5.74, 6) is -1.54. The van der Waals surface area contributed by atoms with Crippen LogP contribution in [0.5, 0.6) is 0 Å². The molecule has 1 aromatic heterocycles. The van der Waals surface area contributed by atoms with Crippen LogP contribution in [0.15, 0.2) is 15.9 Å². The summed E-state index contributed by atoms with van der Waals surface area (Å²) in [5.41, 5.74) is 0. The van der Waals surface area contributed by atoms with Crippen molar-refractivity contribution in [2.24, 2.45) is 0 Å². The SMILES string of the molecule is COC(=O)C(=O)N(C)c1cc(Br)cs1. The predicted molar refractivity (Wildman–Crippen MR) is 57.4 cm³/mol. The monoisotopic (exact) mass is 277 g/mol. The Labute approximate surface area is 93.6 Å². The molecule has 0 fully saturated rings. The molecule has 0 aliphatic carbocycles. The molecule has 0 saturated heterocycles. The lowest BCUT2D eigenvalue weighted by molar-refractivity contribution is -0.151. The van der Waals surface area contributed by atoms with Crippen molar-refractivity contribution in [1.82, 2.24) is 0 Å². The van der Waals surface area contributed by atoms with Gasteiger partial charge in [0.25, 0.3) is 0 Å². The van der Waals surface area contributed by atoms with Gasteiger partial charge in [0.2, 0.25) is 0 Å². The van der Waals surface area contributed by atoms with Gasteiger partial charge in [0.05, 0.1) is 12.1 Å². The van der Waals surface area contributed by atoms with Gasteiger partial charge in [0, 0.05) is 16.9 Å². The summed E-state index contributed by atoms with van der Waals surface area (Å²) < 4.78 is 5.20. The zero-order valence-corrected chi connectivity index (χ0v) is 10.0. The normalized spacial score (nSPS) is 9.64. The van der Waals surface area contributed by atoms with E-state index in [0.717, 1.165) is 4.47 Å². The molecular formula is C8H8BrNO3S. The minimum absolute atomic E-state index is 0.679. The molecule has 14 heavy (non-hydrogen) atoms. The van der Waals surface area contributed by atoms with Crippen LogP contribution in [0.25, 0.3) is 0 Å². The number of carbonyl (C=O) groups excluding carboxylic acids is 2. The van der Waals surface area contributed by atoms with E-state index in [4.69, 9.17) is 0 Å². The minimum Gasteiger partial charge on any atom is -0.462 e. The lowest BCUT2D eigenvalue weighted by Gasteiger charge is -2.12. The zero-order valence-electron chi connectivity index (χ0n) is 7.61. The van der Waals surface area contributed by atoms with E-state index in [9.17, 15) is 9.59 Å². The highest BCUT2D eigenvalue weighted by Gasteiger charge is 2.21. The van der Waals surface area contributed by atoms with Crippen LogP contribution in [-0.4, -0.2) is 26.0 Å². The maximum absolute atomic E-state index is 11.3. The van der Waals surface area contributed by atoms with Crippen molar-refractivity contribution in [1.29, 1.82) is 0 Å². The van der Waals surface area contributed by atoms with E-state index in [2.05, 4.69) is 20.7 Å². The highest BCUT2D eigenvalue weighted by molar-refractivity contribution is 9.10. The van der Waals surface area contributed by atoms with Crippen molar-refractivity contribution in [3.8, 4) is 0 Å². The third-order valence-electron chi connectivity index (χ3n) is 1.55. The Morgan fingerprint density at radius 1 is 1.57 bits per heavy atom. The standard InChI is InChI=1S/C8H8BrNO3S/c1-10(7(11)8(12)13-2)6-3-5(9)4-14-6/h3-4H,1-2H3. The van der Waals surface area contributed by atoms with E-state index < -0.39 is 11.9 Å². The number of thiophene rings is 1. The van der Waals surface area contributed by atoms with Crippen LogP contribution >= 0.6 is 27.3 Å². The van der Waals surface area contributed by atoms with Crippen LogP contribution in [0.4, 0.5) is 5.00 Å². The van der Waals surface area contributed by atoms with E-state index in [0.29, 0.717) is 5.00 Å². The van der Waals surface area contributed by atoms with E-state index in [1.54, 1.807) is 6.07 Å². The fourth-order valence-corrected chi connectivity index (χ4v) is 2.19. The topological polar surface area (TPSA) is 46.6 Å². The molecule has 0 aromatic carbocycles. The molecule has 76 valence electrons. The first-order chi connectivity index (χ1) is 6.56. The summed E-state index contributed by atoms with van der Waals surface area (Å²) in [6.45, 7) is 0. The number of esters is 1. The molecule has 0 aliphatic rings. The molecule has 0 atom stereocenters. The van der Waals surface area contributed by atoms with Gasteiger partial charge in [-0.2, -0.15) is 0 Å². The lowest BCUT2D eigenvalue weighted by atomic mass is 10.5. The zero-order chi connectivity index (χ0) is 10.7. The second-order valence-electron chi connectivity index (χ2n) is 2.46. The number of hydrogen-bond acceptors (Lipinski definition) is 4. The lowest BCUT2D eigenvalue weighted by Crippen LogP contribution is -2.33. The Hall–Kier alpha value is -0.880. The number of anilines is 1. The summed E-state index contributed by atoms with van der Waals surface area (Å²) >= 11 is 4.62. The van der Waals surface area contributed by atoms with Crippen LogP contribution in [0.3, 0.4) is 0 Å². The van der Waals surface area contributed by atoms with Crippen LogP contribution in [0.2, 0.25) is 0 Å². The Kier molecular flexibility index (Phi) is 3.65. The first kappa shape index (κ1) is 11.2. The molecular weight excluding hydrogens is 270 g/mol.